The highest BCUT2D eigenvalue weighted by Gasteiger charge is 2.18. The second-order valence-corrected chi connectivity index (χ2v) is 7.35. The molecule has 1 saturated heterocycles. The van der Waals surface area contributed by atoms with Gasteiger partial charge in [0.25, 0.3) is 5.56 Å². The summed E-state index contributed by atoms with van der Waals surface area (Å²) in [5.41, 5.74) is 2.25. The van der Waals surface area contributed by atoms with E-state index in [1.807, 2.05) is 31.3 Å². The maximum atomic E-state index is 11.8. The predicted octanol–water partition coefficient (Wildman–Crippen LogP) is 1.68. The van der Waals surface area contributed by atoms with Gasteiger partial charge in [-0.25, -0.2) is 9.97 Å². The minimum Gasteiger partial charge on any atom is -0.369 e. The highest BCUT2D eigenvalue weighted by molar-refractivity contribution is 5.91. The number of benzene rings is 1. The van der Waals surface area contributed by atoms with Crippen molar-refractivity contribution < 1.29 is 0 Å². The largest absolute Gasteiger partial charge is 0.369 e. The molecule has 1 aliphatic rings. The molecule has 0 amide bonds. The maximum Gasteiger partial charge on any atom is 0.250 e. The van der Waals surface area contributed by atoms with Crippen LogP contribution in [0.5, 0.6) is 0 Å². The first-order chi connectivity index (χ1) is 13.6. The van der Waals surface area contributed by atoms with Crippen molar-refractivity contribution in [2.75, 3.05) is 56.6 Å². The van der Waals surface area contributed by atoms with Crippen molar-refractivity contribution in [3.05, 3.63) is 59.3 Å². The van der Waals surface area contributed by atoms with Crippen LogP contribution in [0.15, 0.2) is 53.7 Å². The Morgan fingerprint density at radius 1 is 1.00 bits per heavy atom. The summed E-state index contributed by atoms with van der Waals surface area (Å²) < 4.78 is 1.78. The molecule has 28 heavy (non-hydrogen) atoms. The number of pyridine rings is 1. The molecule has 2 aromatic heterocycles. The number of fused-ring (bicyclic) bond motifs is 1. The Balaban J connectivity index is 1.41. The lowest BCUT2D eigenvalue weighted by molar-refractivity contribution is 0.247. The molecule has 0 spiro atoms. The Bertz CT molecular complexity index is 1010. The van der Waals surface area contributed by atoms with Gasteiger partial charge < -0.3 is 14.4 Å². The lowest BCUT2D eigenvalue weighted by atomic mass is 10.1. The number of hydrogen-bond donors (Lipinski definition) is 0. The fourth-order valence-electron chi connectivity index (χ4n) is 3.71. The molecular weight excluding hydrogens is 352 g/mol. The van der Waals surface area contributed by atoms with Crippen LogP contribution in [0.25, 0.3) is 10.9 Å². The highest BCUT2D eigenvalue weighted by Crippen LogP contribution is 2.27. The second kappa shape index (κ2) is 7.98. The molecule has 146 valence electrons. The van der Waals surface area contributed by atoms with Gasteiger partial charge in [-0.3, -0.25) is 9.69 Å². The first-order valence-corrected chi connectivity index (χ1v) is 9.67. The zero-order valence-electron chi connectivity index (χ0n) is 16.5. The van der Waals surface area contributed by atoms with E-state index in [9.17, 15) is 4.79 Å². The average Bonchev–Trinajstić information content (AvgIpc) is 2.72. The topological polar surface area (TPSA) is 57.5 Å². The van der Waals surface area contributed by atoms with E-state index >= 15 is 0 Å². The van der Waals surface area contributed by atoms with Crippen molar-refractivity contribution in [3.8, 4) is 0 Å². The van der Waals surface area contributed by atoms with E-state index < -0.39 is 0 Å². The third kappa shape index (κ3) is 3.84. The molecule has 4 rings (SSSR count). The summed E-state index contributed by atoms with van der Waals surface area (Å²) in [6.07, 6.45) is 3.48. The molecule has 1 aliphatic heterocycles. The number of nitrogens with zero attached hydrogens (tertiary/aromatic N) is 6. The predicted molar refractivity (Wildman–Crippen MR) is 113 cm³/mol. The number of aromatic nitrogens is 3. The molecule has 0 atom stereocenters. The fraction of sp³-hybridized carbons (Fsp3) is 0.381. The molecular formula is C21H26N6O. The summed E-state index contributed by atoms with van der Waals surface area (Å²) in [4.78, 5) is 27.5. The van der Waals surface area contributed by atoms with Crippen LogP contribution in [0, 0.1) is 0 Å². The summed E-state index contributed by atoms with van der Waals surface area (Å²) in [7, 11) is 4.01. The third-order valence-corrected chi connectivity index (χ3v) is 5.32. The molecule has 0 bridgehead atoms. The van der Waals surface area contributed by atoms with Crippen molar-refractivity contribution in [1.82, 2.24) is 19.4 Å². The SMILES string of the molecule is CN(C)c1ncnc2ccc(N3CCN(CCn4ccccc4=O)CC3)cc12. The minimum absolute atomic E-state index is 0.0659. The Morgan fingerprint density at radius 3 is 2.57 bits per heavy atom. The second-order valence-electron chi connectivity index (χ2n) is 7.35. The molecule has 1 aromatic carbocycles. The maximum absolute atomic E-state index is 11.8. The zero-order valence-corrected chi connectivity index (χ0v) is 16.5. The van der Waals surface area contributed by atoms with Gasteiger partial charge in [0.05, 0.1) is 5.52 Å². The first-order valence-electron chi connectivity index (χ1n) is 9.67. The highest BCUT2D eigenvalue weighted by atomic mass is 16.1. The van der Waals surface area contributed by atoms with Crippen LogP contribution in [-0.2, 0) is 6.54 Å². The van der Waals surface area contributed by atoms with E-state index in [1.165, 1.54) is 5.69 Å². The van der Waals surface area contributed by atoms with Crippen LogP contribution < -0.4 is 15.4 Å². The van der Waals surface area contributed by atoms with Crippen molar-refractivity contribution >= 4 is 22.4 Å². The number of anilines is 2. The smallest absolute Gasteiger partial charge is 0.250 e. The molecule has 3 aromatic rings. The molecule has 0 aliphatic carbocycles. The van der Waals surface area contributed by atoms with E-state index in [2.05, 4.69) is 38.0 Å². The Labute approximate surface area is 164 Å². The molecule has 0 saturated carbocycles. The van der Waals surface area contributed by atoms with Gasteiger partial charge in [0.1, 0.15) is 12.1 Å². The standard InChI is InChI=1S/C21H26N6O/c1-24(2)21-18-15-17(6-7-19(18)22-16-23-21)26-12-9-25(10-13-26)11-14-27-8-4-3-5-20(27)28/h3-8,15-16H,9-14H2,1-2H3. The Morgan fingerprint density at radius 2 is 1.82 bits per heavy atom. The Kier molecular flexibility index (Phi) is 5.25. The number of hydrogen-bond acceptors (Lipinski definition) is 6. The van der Waals surface area contributed by atoms with E-state index in [-0.39, 0.29) is 5.56 Å². The summed E-state index contributed by atoms with van der Waals surface area (Å²) in [6.45, 7) is 5.56. The molecule has 7 nitrogen and oxygen atoms in total. The molecule has 3 heterocycles. The molecule has 0 N–H and O–H groups in total. The van der Waals surface area contributed by atoms with Gasteiger partial charge >= 0.3 is 0 Å². The van der Waals surface area contributed by atoms with Gasteiger partial charge in [0.15, 0.2) is 0 Å². The van der Waals surface area contributed by atoms with E-state index in [1.54, 1.807) is 23.0 Å². The van der Waals surface area contributed by atoms with E-state index in [0.29, 0.717) is 0 Å². The van der Waals surface area contributed by atoms with Gasteiger partial charge in [0, 0.05) is 76.7 Å². The van der Waals surface area contributed by atoms with Gasteiger partial charge in [-0.2, -0.15) is 0 Å². The van der Waals surface area contributed by atoms with Gasteiger partial charge in [-0.15, -0.1) is 0 Å². The van der Waals surface area contributed by atoms with Gasteiger partial charge in [-0.1, -0.05) is 6.07 Å². The van der Waals surface area contributed by atoms with Crippen molar-refractivity contribution in [3.63, 3.8) is 0 Å². The van der Waals surface area contributed by atoms with Crippen molar-refractivity contribution in [2.45, 2.75) is 6.54 Å². The molecule has 7 heteroatoms. The summed E-state index contributed by atoms with van der Waals surface area (Å²) >= 11 is 0. The minimum atomic E-state index is 0.0659. The molecule has 0 unspecified atom stereocenters. The van der Waals surface area contributed by atoms with Crippen LogP contribution in [0.1, 0.15) is 0 Å². The average molecular weight is 378 g/mol. The van der Waals surface area contributed by atoms with Crippen molar-refractivity contribution in [1.29, 1.82) is 0 Å². The Hall–Kier alpha value is -2.93. The summed E-state index contributed by atoms with van der Waals surface area (Å²) in [5.74, 6) is 0.943. The lowest BCUT2D eigenvalue weighted by Gasteiger charge is -2.36. The number of piperazine rings is 1. The summed E-state index contributed by atoms with van der Waals surface area (Å²) in [5, 5.41) is 1.08. The van der Waals surface area contributed by atoms with Crippen LogP contribution >= 0.6 is 0 Å². The first kappa shape index (κ1) is 18.4. The monoisotopic (exact) mass is 378 g/mol. The molecule has 1 fully saturated rings. The van der Waals surface area contributed by atoms with Crippen molar-refractivity contribution in [2.24, 2.45) is 0 Å². The quantitative estimate of drug-likeness (QED) is 0.673. The zero-order chi connectivity index (χ0) is 19.5. The van der Waals surface area contributed by atoms with Crippen LogP contribution in [-0.4, -0.2) is 66.3 Å². The summed E-state index contributed by atoms with van der Waals surface area (Å²) in [6, 6.07) is 11.7. The fourth-order valence-corrected chi connectivity index (χ4v) is 3.71. The van der Waals surface area contributed by atoms with Crippen LogP contribution in [0.3, 0.4) is 0 Å². The van der Waals surface area contributed by atoms with Crippen LogP contribution in [0.4, 0.5) is 11.5 Å². The lowest BCUT2D eigenvalue weighted by Crippen LogP contribution is -2.47. The third-order valence-electron chi connectivity index (χ3n) is 5.32. The van der Waals surface area contributed by atoms with Gasteiger partial charge in [0.2, 0.25) is 0 Å². The molecule has 0 radical (unpaired) electrons. The normalized spacial score (nSPS) is 15.1. The number of rotatable bonds is 5. The van der Waals surface area contributed by atoms with E-state index in [4.69, 9.17) is 0 Å². The van der Waals surface area contributed by atoms with Crippen LogP contribution in [0.2, 0.25) is 0 Å². The van der Waals surface area contributed by atoms with Gasteiger partial charge in [-0.05, 0) is 24.3 Å². The van der Waals surface area contributed by atoms with E-state index in [0.717, 1.165) is 56.0 Å².